The molecule has 1 rings (SSSR count). The molecule has 4 heteroatoms. The summed E-state index contributed by atoms with van der Waals surface area (Å²) in [5.41, 5.74) is 5.16. The molecular weight excluding hydrogens is 168 g/mol. The molecule has 0 aromatic rings. The molecule has 1 aliphatic rings. The van der Waals surface area contributed by atoms with Gasteiger partial charge in [0, 0.05) is 12.5 Å². The molecule has 0 aliphatic carbocycles. The summed E-state index contributed by atoms with van der Waals surface area (Å²) in [4.78, 5) is 24.0. The summed E-state index contributed by atoms with van der Waals surface area (Å²) in [5.74, 6) is 0.0984. The van der Waals surface area contributed by atoms with Crippen LogP contribution in [-0.4, -0.2) is 29.3 Å². The highest BCUT2D eigenvalue weighted by Crippen LogP contribution is 2.20. The maximum Gasteiger partial charge on any atom is 0.315 e. The third kappa shape index (κ3) is 1.99. The van der Waals surface area contributed by atoms with E-state index in [0.717, 1.165) is 12.8 Å². The molecule has 1 saturated heterocycles. The Morgan fingerprint density at radius 1 is 1.46 bits per heavy atom. The van der Waals surface area contributed by atoms with Gasteiger partial charge in [0.15, 0.2) is 5.78 Å². The summed E-state index contributed by atoms with van der Waals surface area (Å²) in [6, 6.07) is -0.742. The Labute approximate surface area is 78.1 Å². The van der Waals surface area contributed by atoms with Crippen LogP contribution in [0.2, 0.25) is 0 Å². The number of primary amides is 1. The molecule has 1 heterocycles. The van der Waals surface area contributed by atoms with E-state index < -0.39 is 6.03 Å². The minimum Gasteiger partial charge on any atom is -0.351 e. The van der Waals surface area contributed by atoms with E-state index in [9.17, 15) is 9.59 Å². The zero-order valence-electron chi connectivity index (χ0n) is 8.12. The predicted octanol–water partition coefficient (Wildman–Crippen LogP) is 0.755. The third-order valence-electron chi connectivity index (χ3n) is 2.43. The molecule has 0 bridgehead atoms. The summed E-state index contributed by atoms with van der Waals surface area (Å²) in [7, 11) is 0. The average Bonchev–Trinajstić information content (AvgIpc) is 2.50. The summed E-state index contributed by atoms with van der Waals surface area (Å²) >= 11 is 0. The molecule has 1 atom stereocenters. The molecule has 1 aliphatic heterocycles. The SMILES string of the molecule is CC(C)C(=O)C1CCCN1C(N)=O. The number of ketones is 1. The van der Waals surface area contributed by atoms with Crippen LogP contribution in [0.25, 0.3) is 0 Å². The highest BCUT2D eigenvalue weighted by atomic mass is 16.2. The van der Waals surface area contributed by atoms with Crippen LogP contribution in [0.5, 0.6) is 0 Å². The minimum absolute atomic E-state index is 0.0232. The van der Waals surface area contributed by atoms with Gasteiger partial charge in [0.2, 0.25) is 0 Å². The Balaban J connectivity index is 2.68. The van der Waals surface area contributed by atoms with Crippen molar-refractivity contribution >= 4 is 11.8 Å². The maximum absolute atomic E-state index is 11.6. The first-order valence-electron chi connectivity index (χ1n) is 4.64. The molecule has 0 radical (unpaired) electrons. The van der Waals surface area contributed by atoms with Gasteiger partial charge < -0.3 is 10.6 Å². The minimum atomic E-state index is -0.475. The average molecular weight is 184 g/mol. The quantitative estimate of drug-likeness (QED) is 0.688. The fourth-order valence-electron chi connectivity index (χ4n) is 1.71. The van der Waals surface area contributed by atoms with E-state index in [2.05, 4.69) is 0 Å². The highest BCUT2D eigenvalue weighted by Gasteiger charge is 2.33. The Kier molecular flexibility index (Phi) is 2.90. The van der Waals surface area contributed by atoms with Crippen LogP contribution >= 0.6 is 0 Å². The summed E-state index contributed by atoms with van der Waals surface area (Å²) < 4.78 is 0. The van der Waals surface area contributed by atoms with Crippen molar-refractivity contribution in [2.75, 3.05) is 6.54 Å². The summed E-state index contributed by atoms with van der Waals surface area (Å²) in [6.45, 7) is 4.32. The van der Waals surface area contributed by atoms with Crippen LogP contribution in [0.1, 0.15) is 26.7 Å². The van der Waals surface area contributed by atoms with E-state index in [1.165, 1.54) is 4.90 Å². The van der Waals surface area contributed by atoms with Gasteiger partial charge >= 0.3 is 6.03 Å². The second-order valence-electron chi connectivity index (χ2n) is 3.75. The van der Waals surface area contributed by atoms with Gasteiger partial charge in [-0.25, -0.2) is 4.79 Å². The van der Waals surface area contributed by atoms with Gasteiger partial charge in [-0.2, -0.15) is 0 Å². The monoisotopic (exact) mass is 184 g/mol. The number of rotatable bonds is 2. The molecule has 1 fully saturated rings. The zero-order valence-corrected chi connectivity index (χ0v) is 8.12. The summed E-state index contributed by atoms with van der Waals surface area (Å²) in [6.07, 6.45) is 1.64. The van der Waals surface area contributed by atoms with Crippen LogP contribution in [0.15, 0.2) is 0 Å². The first kappa shape index (κ1) is 10.0. The Hall–Kier alpha value is -1.06. The van der Waals surface area contributed by atoms with Gasteiger partial charge in [-0.3, -0.25) is 4.79 Å². The molecule has 2 N–H and O–H groups in total. The van der Waals surface area contributed by atoms with E-state index in [1.54, 1.807) is 0 Å². The van der Waals surface area contributed by atoms with Crippen LogP contribution < -0.4 is 5.73 Å². The van der Waals surface area contributed by atoms with Crippen molar-refractivity contribution in [1.82, 2.24) is 4.90 Å². The lowest BCUT2D eigenvalue weighted by Crippen LogP contribution is -2.44. The molecule has 4 nitrogen and oxygen atoms in total. The fraction of sp³-hybridized carbons (Fsp3) is 0.778. The van der Waals surface area contributed by atoms with Gasteiger partial charge in [-0.15, -0.1) is 0 Å². The third-order valence-corrected chi connectivity index (χ3v) is 2.43. The second-order valence-corrected chi connectivity index (χ2v) is 3.75. The zero-order chi connectivity index (χ0) is 10.0. The van der Waals surface area contributed by atoms with Gasteiger partial charge in [-0.05, 0) is 12.8 Å². The molecule has 1 unspecified atom stereocenters. The molecule has 0 saturated carbocycles. The molecule has 74 valence electrons. The number of carbonyl (C=O) groups is 2. The van der Waals surface area contributed by atoms with E-state index >= 15 is 0 Å². The van der Waals surface area contributed by atoms with Gasteiger partial charge in [0.25, 0.3) is 0 Å². The molecule has 13 heavy (non-hydrogen) atoms. The number of nitrogens with zero attached hydrogens (tertiary/aromatic N) is 1. The molecule has 0 spiro atoms. The Morgan fingerprint density at radius 3 is 2.54 bits per heavy atom. The largest absolute Gasteiger partial charge is 0.351 e. The lowest BCUT2D eigenvalue weighted by Gasteiger charge is -2.22. The standard InChI is InChI=1S/C9H16N2O2/c1-6(2)8(12)7-4-3-5-11(7)9(10)13/h6-7H,3-5H2,1-2H3,(H2,10,13). The van der Waals surface area contributed by atoms with E-state index in [4.69, 9.17) is 5.73 Å². The lowest BCUT2D eigenvalue weighted by molar-refractivity contribution is -0.125. The van der Waals surface area contributed by atoms with Crippen molar-refractivity contribution in [3.63, 3.8) is 0 Å². The topological polar surface area (TPSA) is 63.4 Å². The Morgan fingerprint density at radius 2 is 2.08 bits per heavy atom. The van der Waals surface area contributed by atoms with E-state index in [-0.39, 0.29) is 17.7 Å². The fourth-order valence-corrected chi connectivity index (χ4v) is 1.71. The maximum atomic E-state index is 11.6. The normalized spacial score (nSPS) is 22.4. The number of urea groups is 1. The van der Waals surface area contributed by atoms with Gasteiger partial charge in [0.1, 0.15) is 0 Å². The van der Waals surface area contributed by atoms with E-state index in [1.807, 2.05) is 13.8 Å². The van der Waals surface area contributed by atoms with Crippen molar-refractivity contribution in [3.8, 4) is 0 Å². The lowest BCUT2D eigenvalue weighted by atomic mass is 10.0. The number of carbonyl (C=O) groups excluding carboxylic acids is 2. The number of Topliss-reactive ketones (excluding diaryl/α,β-unsaturated/α-hetero) is 1. The molecular formula is C9H16N2O2. The van der Waals surface area contributed by atoms with Crippen LogP contribution in [0, 0.1) is 5.92 Å². The van der Waals surface area contributed by atoms with Crippen molar-refractivity contribution in [2.24, 2.45) is 11.7 Å². The first-order chi connectivity index (χ1) is 6.04. The number of amides is 2. The second kappa shape index (κ2) is 3.77. The number of likely N-dealkylation sites (tertiary alicyclic amines) is 1. The van der Waals surface area contributed by atoms with Crippen LogP contribution in [-0.2, 0) is 4.79 Å². The van der Waals surface area contributed by atoms with Crippen molar-refractivity contribution in [3.05, 3.63) is 0 Å². The number of hydrogen-bond acceptors (Lipinski definition) is 2. The number of nitrogens with two attached hydrogens (primary N) is 1. The van der Waals surface area contributed by atoms with Crippen LogP contribution in [0.3, 0.4) is 0 Å². The molecule has 0 aromatic heterocycles. The smallest absolute Gasteiger partial charge is 0.315 e. The van der Waals surface area contributed by atoms with Crippen molar-refractivity contribution in [1.29, 1.82) is 0 Å². The Bertz CT molecular complexity index is 226. The summed E-state index contributed by atoms with van der Waals surface area (Å²) in [5, 5.41) is 0. The van der Waals surface area contributed by atoms with Gasteiger partial charge in [0.05, 0.1) is 6.04 Å². The highest BCUT2D eigenvalue weighted by molar-refractivity contribution is 5.89. The van der Waals surface area contributed by atoms with Crippen LogP contribution in [0.4, 0.5) is 4.79 Å². The first-order valence-corrected chi connectivity index (χ1v) is 4.64. The van der Waals surface area contributed by atoms with Crippen molar-refractivity contribution in [2.45, 2.75) is 32.7 Å². The molecule has 0 aromatic carbocycles. The number of hydrogen-bond donors (Lipinski definition) is 1. The molecule has 2 amide bonds. The van der Waals surface area contributed by atoms with Gasteiger partial charge in [-0.1, -0.05) is 13.8 Å². The predicted molar refractivity (Wildman–Crippen MR) is 49.2 cm³/mol. The van der Waals surface area contributed by atoms with E-state index in [0.29, 0.717) is 6.54 Å². The van der Waals surface area contributed by atoms with Crippen molar-refractivity contribution < 1.29 is 9.59 Å².